The van der Waals surface area contributed by atoms with Crippen molar-refractivity contribution < 1.29 is 19.1 Å². The van der Waals surface area contributed by atoms with E-state index in [2.05, 4.69) is 5.32 Å². The van der Waals surface area contributed by atoms with E-state index in [4.69, 9.17) is 4.74 Å². The molecule has 1 N–H and O–H groups in total. The van der Waals surface area contributed by atoms with Gasteiger partial charge in [-0.15, -0.1) is 0 Å². The number of aryl methyl sites for hydroxylation is 2. The molecule has 0 aliphatic rings. The number of benzene rings is 1. The van der Waals surface area contributed by atoms with E-state index in [0.717, 1.165) is 5.56 Å². The van der Waals surface area contributed by atoms with E-state index in [1.54, 1.807) is 29.9 Å². The van der Waals surface area contributed by atoms with Crippen LogP contribution < -0.4 is 5.32 Å². The lowest BCUT2D eigenvalue weighted by Gasteiger charge is -2.06. The van der Waals surface area contributed by atoms with Gasteiger partial charge in [0.15, 0.2) is 6.61 Å². The van der Waals surface area contributed by atoms with Gasteiger partial charge < -0.3 is 9.30 Å². The van der Waals surface area contributed by atoms with Gasteiger partial charge in [0.1, 0.15) is 5.69 Å². The Morgan fingerprint density at radius 3 is 2.48 bits per heavy atom. The first-order valence-corrected chi connectivity index (χ1v) is 7.21. The fourth-order valence-corrected chi connectivity index (χ4v) is 2.03. The predicted molar refractivity (Wildman–Crippen MR) is 83.6 cm³/mol. The van der Waals surface area contributed by atoms with Crippen molar-refractivity contribution in [1.82, 2.24) is 9.88 Å². The zero-order valence-corrected chi connectivity index (χ0v) is 12.8. The standard InChI is InChI=1S/C17H18N2O4/c1-19-11-5-8-14(19)17(22)18-15(20)12-23-16(21)10-9-13-6-3-2-4-7-13/h2-8,11H,9-10,12H2,1H3,(H,18,20,22). The second kappa shape index (κ2) is 7.93. The topological polar surface area (TPSA) is 77.4 Å². The Bertz CT molecular complexity index is 692. The third kappa shape index (κ3) is 5.10. The lowest BCUT2D eigenvalue weighted by Crippen LogP contribution is -2.35. The maximum absolute atomic E-state index is 11.8. The van der Waals surface area contributed by atoms with Gasteiger partial charge >= 0.3 is 5.97 Å². The molecule has 0 aliphatic heterocycles. The number of aromatic nitrogens is 1. The average molecular weight is 314 g/mol. The van der Waals surface area contributed by atoms with Crippen LogP contribution in [0.3, 0.4) is 0 Å². The molecule has 0 bridgehead atoms. The van der Waals surface area contributed by atoms with E-state index in [-0.39, 0.29) is 6.42 Å². The van der Waals surface area contributed by atoms with E-state index in [1.165, 1.54) is 0 Å². The van der Waals surface area contributed by atoms with Gasteiger partial charge in [0, 0.05) is 19.7 Å². The molecule has 0 unspecified atom stereocenters. The van der Waals surface area contributed by atoms with Gasteiger partial charge in [-0.1, -0.05) is 30.3 Å². The Kier molecular flexibility index (Phi) is 5.68. The van der Waals surface area contributed by atoms with Crippen LogP contribution in [0.2, 0.25) is 0 Å². The van der Waals surface area contributed by atoms with Crippen molar-refractivity contribution in [3.8, 4) is 0 Å². The van der Waals surface area contributed by atoms with Crippen LogP contribution in [0.1, 0.15) is 22.5 Å². The van der Waals surface area contributed by atoms with Crippen LogP contribution in [0.25, 0.3) is 0 Å². The minimum atomic E-state index is -0.649. The molecular formula is C17H18N2O4. The number of carbonyl (C=O) groups is 3. The largest absolute Gasteiger partial charge is 0.456 e. The van der Waals surface area contributed by atoms with Crippen LogP contribution in [0.15, 0.2) is 48.7 Å². The Morgan fingerprint density at radius 2 is 1.83 bits per heavy atom. The molecule has 23 heavy (non-hydrogen) atoms. The summed E-state index contributed by atoms with van der Waals surface area (Å²) in [7, 11) is 1.70. The summed E-state index contributed by atoms with van der Waals surface area (Å²) in [5.41, 5.74) is 1.38. The van der Waals surface area contributed by atoms with Crippen molar-refractivity contribution in [2.24, 2.45) is 7.05 Å². The molecule has 0 fully saturated rings. The average Bonchev–Trinajstić information content (AvgIpc) is 2.98. The molecule has 1 aromatic carbocycles. The third-order valence-electron chi connectivity index (χ3n) is 3.25. The molecule has 1 heterocycles. The maximum Gasteiger partial charge on any atom is 0.306 e. The molecule has 1 aromatic heterocycles. The fourth-order valence-electron chi connectivity index (χ4n) is 2.03. The second-order valence-corrected chi connectivity index (χ2v) is 5.03. The number of hydrogen-bond acceptors (Lipinski definition) is 4. The number of nitrogens with zero attached hydrogens (tertiary/aromatic N) is 1. The first kappa shape index (κ1) is 16.5. The highest BCUT2D eigenvalue weighted by molar-refractivity contribution is 6.04. The molecule has 2 amide bonds. The number of hydrogen-bond donors (Lipinski definition) is 1. The van der Waals surface area contributed by atoms with Crippen molar-refractivity contribution in [1.29, 1.82) is 0 Å². The van der Waals surface area contributed by atoms with E-state index < -0.39 is 24.4 Å². The number of carbonyl (C=O) groups excluding carboxylic acids is 3. The van der Waals surface area contributed by atoms with Crippen LogP contribution in [0, 0.1) is 0 Å². The summed E-state index contributed by atoms with van der Waals surface area (Å²) in [6.07, 6.45) is 2.43. The van der Waals surface area contributed by atoms with Gasteiger partial charge in [-0.05, 0) is 24.1 Å². The molecule has 6 nitrogen and oxygen atoms in total. The SMILES string of the molecule is Cn1cccc1C(=O)NC(=O)COC(=O)CCc1ccccc1. The molecule has 0 radical (unpaired) electrons. The van der Waals surface area contributed by atoms with Crippen molar-refractivity contribution in [2.45, 2.75) is 12.8 Å². The third-order valence-corrected chi connectivity index (χ3v) is 3.25. The number of rotatable bonds is 6. The lowest BCUT2D eigenvalue weighted by molar-refractivity contribution is -0.148. The summed E-state index contributed by atoms with van der Waals surface area (Å²) < 4.78 is 6.46. The van der Waals surface area contributed by atoms with Crippen molar-refractivity contribution in [3.63, 3.8) is 0 Å². The zero-order valence-electron chi connectivity index (χ0n) is 12.8. The zero-order chi connectivity index (χ0) is 16.7. The van der Waals surface area contributed by atoms with Crippen LogP contribution in [0.4, 0.5) is 0 Å². The number of amides is 2. The van der Waals surface area contributed by atoms with Gasteiger partial charge in [0.2, 0.25) is 0 Å². The molecule has 2 rings (SSSR count). The summed E-state index contributed by atoms with van der Waals surface area (Å²) >= 11 is 0. The minimum Gasteiger partial charge on any atom is -0.456 e. The first-order chi connectivity index (χ1) is 11.1. The monoisotopic (exact) mass is 314 g/mol. The predicted octanol–water partition coefficient (Wildman–Crippen LogP) is 1.46. The van der Waals surface area contributed by atoms with Crippen molar-refractivity contribution >= 4 is 17.8 Å². The summed E-state index contributed by atoms with van der Waals surface area (Å²) in [5.74, 6) is -1.65. The highest BCUT2D eigenvalue weighted by Crippen LogP contribution is 2.03. The Labute approximate surface area is 134 Å². The van der Waals surface area contributed by atoms with Crippen molar-refractivity contribution in [2.75, 3.05) is 6.61 Å². The van der Waals surface area contributed by atoms with Gasteiger partial charge in [-0.2, -0.15) is 0 Å². The Morgan fingerprint density at radius 1 is 1.09 bits per heavy atom. The van der Waals surface area contributed by atoms with Gasteiger partial charge in [0.05, 0.1) is 0 Å². The smallest absolute Gasteiger partial charge is 0.306 e. The molecule has 0 atom stereocenters. The minimum absolute atomic E-state index is 0.184. The summed E-state index contributed by atoms with van der Waals surface area (Å²) in [5, 5.41) is 2.18. The van der Waals surface area contributed by atoms with Gasteiger partial charge in [-0.3, -0.25) is 19.7 Å². The first-order valence-electron chi connectivity index (χ1n) is 7.21. The van der Waals surface area contributed by atoms with E-state index in [9.17, 15) is 14.4 Å². The molecule has 0 saturated heterocycles. The van der Waals surface area contributed by atoms with Crippen LogP contribution in [0.5, 0.6) is 0 Å². The van der Waals surface area contributed by atoms with E-state index in [0.29, 0.717) is 12.1 Å². The number of ether oxygens (including phenoxy) is 1. The summed E-state index contributed by atoms with van der Waals surface area (Å²) in [6.45, 7) is -0.468. The molecule has 0 aliphatic carbocycles. The summed E-state index contributed by atoms with van der Waals surface area (Å²) in [4.78, 5) is 35.0. The highest BCUT2D eigenvalue weighted by atomic mass is 16.5. The fraction of sp³-hybridized carbons (Fsp3) is 0.235. The normalized spacial score (nSPS) is 10.1. The number of nitrogens with one attached hydrogen (secondary N) is 1. The Hall–Kier alpha value is -2.89. The van der Waals surface area contributed by atoms with Crippen LogP contribution in [-0.2, 0) is 27.8 Å². The van der Waals surface area contributed by atoms with Gasteiger partial charge in [-0.25, -0.2) is 0 Å². The number of esters is 1. The lowest BCUT2D eigenvalue weighted by atomic mass is 10.1. The molecule has 2 aromatic rings. The van der Waals surface area contributed by atoms with Crippen molar-refractivity contribution in [3.05, 3.63) is 59.9 Å². The molecule has 0 saturated carbocycles. The molecule has 0 spiro atoms. The molecule has 6 heteroatoms. The quantitative estimate of drug-likeness (QED) is 0.819. The Balaban J connectivity index is 1.70. The maximum atomic E-state index is 11.8. The second-order valence-electron chi connectivity index (χ2n) is 5.03. The van der Waals surface area contributed by atoms with Crippen LogP contribution in [-0.4, -0.2) is 29.0 Å². The summed E-state index contributed by atoms with van der Waals surface area (Å²) in [6, 6.07) is 12.8. The molecule has 120 valence electrons. The number of imide groups is 1. The van der Waals surface area contributed by atoms with Crippen LogP contribution >= 0.6 is 0 Å². The molecular weight excluding hydrogens is 296 g/mol. The van der Waals surface area contributed by atoms with Gasteiger partial charge in [0.25, 0.3) is 11.8 Å². The highest BCUT2D eigenvalue weighted by Gasteiger charge is 2.14. The van der Waals surface area contributed by atoms with E-state index >= 15 is 0 Å². The van der Waals surface area contributed by atoms with E-state index in [1.807, 2.05) is 30.3 Å².